The summed E-state index contributed by atoms with van der Waals surface area (Å²) in [6.07, 6.45) is 2.98. The summed E-state index contributed by atoms with van der Waals surface area (Å²) < 4.78 is 10.4. The van der Waals surface area contributed by atoms with Crippen LogP contribution >= 0.6 is 0 Å². The van der Waals surface area contributed by atoms with Gasteiger partial charge in [-0.05, 0) is 31.0 Å². The third-order valence-corrected chi connectivity index (χ3v) is 4.54. The topological polar surface area (TPSA) is 106 Å². The fraction of sp³-hybridized carbons (Fsp3) is 0.471. The Labute approximate surface area is 145 Å². The van der Waals surface area contributed by atoms with Gasteiger partial charge < -0.3 is 25.4 Å². The number of nitrogens with one attached hydrogen (secondary N) is 3. The van der Waals surface area contributed by atoms with Crippen LogP contribution in [0.2, 0.25) is 0 Å². The van der Waals surface area contributed by atoms with Gasteiger partial charge in [0.2, 0.25) is 18.6 Å². The highest BCUT2D eigenvalue weighted by atomic mass is 16.7. The van der Waals surface area contributed by atoms with Gasteiger partial charge in [0.25, 0.3) is 5.91 Å². The maximum Gasteiger partial charge on any atom is 0.251 e. The monoisotopic (exact) mass is 347 g/mol. The lowest BCUT2D eigenvalue weighted by molar-refractivity contribution is -0.132. The van der Waals surface area contributed by atoms with Gasteiger partial charge in [-0.3, -0.25) is 14.4 Å². The minimum Gasteiger partial charge on any atom is -0.454 e. The molecule has 0 aromatic heterocycles. The van der Waals surface area contributed by atoms with Crippen molar-refractivity contribution in [2.45, 2.75) is 31.2 Å². The van der Waals surface area contributed by atoms with Crippen LogP contribution in [0, 0.1) is 0 Å². The molecular formula is C17H21N3O5. The first-order valence-corrected chi connectivity index (χ1v) is 8.25. The highest BCUT2D eigenvalue weighted by Gasteiger charge is 2.41. The minimum absolute atomic E-state index is 0.129. The van der Waals surface area contributed by atoms with Crippen LogP contribution in [0.5, 0.6) is 11.5 Å². The van der Waals surface area contributed by atoms with Crippen molar-refractivity contribution >= 4 is 17.7 Å². The molecule has 3 rings (SSSR count). The predicted molar refractivity (Wildman–Crippen MR) is 88.3 cm³/mol. The first-order valence-electron chi connectivity index (χ1n) is 8.25. The Morgan fingerprint density at radius 2 is 1.84 bits per heavy atom. The summed E-state index contributed by atoms with van der Waals surface area (Å²) in [5.41, 5.74) is -0.492. The molecule has 0 saturated heterocycles. The van der Waals surface area contributed by atoms with E-state index in [0.29, 0.717) is 29.9 Å². The smallest absolute Gasteiger partial charge is 0.251 e. The van der Waals surface area contributed by atoms with Gasteiger partial charge in [0.1, 0.15) is 5.54 Å². The van der Waals surface area contributed by atoms with E-state index in [1.54, 1.807) is 25.2 Å². The Balaban J connectivity index is 1.56. The van der Waals surface area contributed by atoms with E-state index < -0.39 is 11.4 Å². The van der Waals surface area contributed by atoms with Gasteiger partial charge in [-0.25, -0.2) is 0 Å². The molecule has 3 N–H and O–H groups in total. The molecule has 134 valence electrons. The number of hydrogen-bond donors (Lipinski definition) is 3. The van der Waals surface area contributed by atoms with Crippen molar-refractivity contribution in [1.82, 2.24) is 16.0 Å². The van der Waals surface area contributed by atoms with E-state index in [1.165, 1.54) is 0 Å². The fourth-order valence-corrected chi connectivity index (χ4v) is 3.24. The van der Waals surface area contributed by atoms with E-state index in [-0.39, 0.29) is 25.2 Å². The van der Waals surface area contributed by atoms with E-state index in [9.17, 15) is 14.4 Å². The molecule has 8 heteroatoms. The third kappa shape index (κ3) is 3.52. The van der Waals surface area contributed by atoms with Crippen LogP contribution in [0.1, 0.15) is 36.0 Å². The average molecular weight is 347 g/mol. The van der Waals surface area contributed by atoms with Crippen molar-refractivity contribution < 1.29 is 23.9 Å². The number of amides is 3. The van der Waals surface area contributed by atoms with E-state index in [4.69, 9.17) is 9.47 Å². The molecule has 1 heterocycles. The Hall–Kier alpha value is -2.77. The summed E-state index contributed by atoms with van der Waals surface area (Å²) >= 11 is 0. The standard InChI is InChI=1S/C17H21N3O5/c1-18-16(23)17(6-2-3-7-17)20-14(21)9-19-15(22)11-4-5-12-13(8-11)25-10-24-12/h4-5,8H,2-3,6-7,9-10H2,1H3,(H,18,23)(H,19,22)(H,20,21). The van der Waals surface area contributed by atoms with E-state index in [2.05, 4.69) is 16.0 Å². The fourth-order valence-electron chi connectivity index (χ4n) is 3.24. The number of benzene rings is 1. The van der Waals surface area contributed by atoms with E-state index >= 15 is 0 Å². The molecule has 8 nitrogen and oxygen atoms in total. The molecule has 1 aromatic carbocycles. The zero-order valence-corrected chi connectivity index (χ0v) is 14.0. The summed E-state index contributed by atoms with van der Waals surface area (Å²) in [7, 11) is 1.55. The van der Waals surface area contributed by atoms with Crippen LogP contribution in [-0.4, -0.2) is 43.6 Å². The molecule has 0 atom stereocenters. The molecule has 1 fully saturated rings. The van der Waals surface area contributed by atoms with E-state index in [1.807, 2.05) is 0 Å². The molecule has 1 aliphatic carbocycles. The third-order valence-electron chi connectivity index (χ3n) is 4.54. The van der Waals surface area contributed by atoms with Crippen molar-refractivity contribution in [1.29, 1.82) is 0 Å². The quantitative estimate of drug-likeness (QED) is 0.711. The van der Waals surface area contributed by atoms with Gasteiger partial charge in [-0.15, -0.1) is 0 Å². The second-order valence-corrected chi connectivity index (χ2v) is 6.17. The van der Waals surface area contributed by atoms with Crippen LogP contribution < -0.4 is 25.4 Å². The van der Waals surface area contributed by atoms with Crippen molar-refractivity contribution in [3.05, 3.63) is 23.8 Å². The van der Waals surface area contributed by atoms with Gasteiger partial charge >= 0.3 is 0 Å². The number of carbonyl (C=O) groups excluding carboxylic acids is 3. The lowest BCUT2D eigenvalue weighted by Crippen LogP contribution is -2.58. The van der Waals surface area contributed by atoms with Crippen LogP contribution in [-0.2, 0) is 9.59 Å². The summed E-state index contributed by atoms with van der Waals surface area (Å²) in [6.45, 7) is -0.0730. The molecule has 1 aliphatic heterocycles. The first kappa shape index (κ1) is 17.1. The van der Waals surface area contributed by atoms with Crippen LogP contribution in [0.4, 0.5) is 0 Å². The minimum atomic E-state index is -0.866. The molecule has 0 unspecified atom stereocenters. The molecule has 0 radical (unpaired) electrons. The number of hydrogen-bond acceptors (Lipinski definition) is 5. The number of rotatable bonds is 5. The summed E-state index contributed by atoms with van der Waals surface area (Å²) in [6, 6.07) is 4.82. The first-order chi connectivity index (χ1) is 12.0. The number of ether oxygens (including phenoxy) is 2. The second kappa shape index (κ2) is 7.00. The molecule has 2 aliphatic rings. The van der Waals surface area contributed by atoms with Gasteiger partial charge in [0, 0.05) is 12.6 Å². The normalized spacial score (nSPS) is 17.0. The van der Waals surface area contributed by atoms with Gasteiger partial charge in [0.05, 0.1) is 6.54 Å². The SMILES string of the molecule is CNC(=O)C1(NC(=O)CNC(=O)c2ccc3c(c2)OCO3)CCCC1. The lowest BCUT2D eigenvalue weighted by Gasteiger charge is -2.28. The maximum absolute atomic E-state index is 12.2. The van der Waals surface area contributed by atoms with Crippen molar-refractivity contribution in [3.8, 4) is 11.5 Å². The summed E-state index contributed by atoms with van der Waals surface area (Å²) in [5, 5.41) is 7.94. The van der Waals surface area contributed by atoms with Gasteiger partial charge in [-0.1, -0.05) is 12.8 Å². The highest BCUT2D eigenvalue weighted by Crippen LogP contribution is 2.32. The van der Waals surface area contributed by atoms with Crippen molar-refractivity contribution in [2.24, 2.45) is 0 Å². The van der Waals surface area contributed by atoms with Crippen LogP contribution in [0.25, 0.3) is 0 Å². The van der Waals surface area contributed by atoms with E-state index in [0.717, 1.165) is 12.8 Å². The molecule has 0 bridgehead atoms. The lowest BCUT2D eigenvalue weighted by atomic mass is 9.96. The Bertz CT molecular complexity index is 698. The molecule has 1 saturated carbocycles. The number of fused-ring (bicyclic) bond motifs is 1. The van der Waals surface area contributed by atoms with Crippen LogP contribution in [0.3, 0.4) is 0 Å². The Kier molecular flexibility index (Phi) is 4.78. The molecule has 3 amide bonds. The molecule has 0 spiro atoms. The van der Waals surface area contributed by atoms with Crippen LogP contribution in [0.15, 0.2) is 18.2 Å². The second-order valence-electron chi connectivity index (χ2n) is 6.17. The molecule has 1 aromatic rings. The summed E-state index contributed by atoms with van der Waals surface area (Å²) in [4.78, 5) is 36.5. The van der Waals surface area contributed by atoms with Crippen molar-refractivity contribution in [3.63, 3.8) is 0 Å². The zero-order valence-electron chi connectivity index (χ0n) is 14.0. The highest BCUT2D eigenvalue weighted by molar-refractivity contribution is 5.98. The maximum atomic E-state index is 12.2. The Morgan fingerprint density at radius 1 is 1.12 bits per heavy atom. The number of carbonyl (C=O) groups is 3. The molecular weight excluding hydrogens is 326 g/mol. The number of likely N-dealkylation sites (N-methyl/N-ethyl adjacent to an activating group) is 1. The van der Waals surface area contributed by atoms with Gasteiger partial charge in [0.15, 0.2) is 11.5 Å². The van der Waals surface area contributed by atoms with Crippen molar-refractivity contribution in [2.75, 3.05) is 20.4 Å². The predicted octanol–water partition coefficient (Wildman–Crippen LogP) is 0.320. The summed E-state index contributed by atoms with van der Waals surface area (Å²) in [5.74, 6) is 0.110. The zero-order chi connectivity index (χ0) is 17.9. The largest absolute Gasteiger partial charge is 0.454 e. The Morgan fingerprint density at radius 3 is 2.56 bits per heavy atom. The van der Waals surface area contributed by atoms with Gasteiger partial charge in [-0.2, -0.15) is 0 Å². The molecule has 25 heavy (non-hydrogen) atoms. The average Bonchev–Trinajstić information content (AvgIpc) is 3.28.